The SMILES string of the molecule is C[C@@H](CCc1ccccc1)NC(=O)COc1ccc(S(=O)(=O)Nc2ccc(Br)cc2)cc1. The van der Waals surface area contributed by atoms with E-state index in [1.165, 1.54) is 29.8 Å². The minimum Gasteiger partial charge on any atom is -0.484 e. The van der Waals surface area contributed by atoms with Crippen LogP contribution in [0.15, 0.2) is 88.2 Å². The third kappa shape index (κ3) is 7.39. The van der Waals surface area contributed by atoms with Crippen molar-refractivity contribution in [3.05, 3.63) is 88.9 Å². The molecule has 0 heterocycles. The third-order valence-corrected chi connectivity index (χ3v) is 6.64. The summed E-state index contributed by atoms with van der Waals surface area (Å²) >= 11 is 3.31. The molecule has 0 spiro atoms. The van der Waals surface area contributed by atoms with Crippen LogP contribution in [0.2, 0.25) is 0 Å². The summed E-state index contributed by atoms with van der Waals surface area (Å²) in [7, 11) is -3.72. The molecule has 0 aromatic heterocycles. The molecule has 0 aliphatic heterocycles. The first-order chi connectivity index (χ1) is 15.3. The standard InChI is InChI=1S/C24H25BrN2O4S/c1-18(7-8-19-5-3-2-4-6-19)26-24(28)17-31-22-13-15-23(16-14-22)32(29,30)27-21-11-9-20(25)10-12-21/h2-6,9-16,18,27H,7-8,17H2,1H3,(H,26,28)/t18-/m0/s1. The number of anilines is 1. The van der Waals surface area contributed by atoms with E-state index in [1.807, 2.05) is 25.1 Å². The van der Waals surface area contributed by atoms with Gasteiger partial charge in [-0.1, -0.05) is 46.3 Å². The zero-order valence-corrected chi connectivity index (χ0v) is 20.0. The zero-order valence-electron chi connectivity index (χ0n) is 17.6. The number of nitrogens with one attached hydrogen (secondary N) is 2. The molecule has 6 nitrogen and oxygen atoms in total. The van der Waals surface area contributed by atoms with E-state index in [-0.39, 0.29) is 23.5 Å². The van der Waals surface area contributed by atoms with Crippen LogP contribution < -0.4 is 14.8 Å². The topological polar surface area (TPSA) is 84.5 Å². The van der Waals surface area contributed by atoms with Crippen molar-refractivity contribution in [2.75, 3.05) is 11.3 Å². The number of carbonyl (C=O) groups is 1. The summed E-state index contributed by atoms with van der Waals surface area (Å²) in [5.74, 6) is 0.193. The van der Waals surface area contributed by atoms with E-state index in [9.17, 15) is 13.2 Å². The fraction of sp³-hybridized carbons (Fsp3) is 0.208. The maximum absolute atomic E-state index is 12.5. The molecule has 8 heteroatoms. The highest BCUT2D eigenvalue weighted by Crippen LogP contribution is 2.20. The lowest BCUT2D eigenvalue weighted by Gasteiger charge is -2.14. The fourth-order valence-electron chi connectivity index (χ4n) is 3.01. The van der Waals surface area contributed by atoms with Gasteiger partial charge in [0.15, 0.2) is 6.61 Å². The number of aryl methyl sites for hydroxylation is 1. The van der Waals surface area contributed by atoms with Crippen molar-refractivity contribution in [1.82, 2.24) is 5.32 Å². The smallest absolute Gasteiger partial charge is 0.261 e. The summed E-state index contributed by atoms with van der Waals surface area (Å²) in [5, 5.41) is 2.91. The third-order valence-electron chi connectivity index (χ3n) is 4.72. The Kier molecular flexibility index (Phi) is 8.30. The summed E-state index contributed by atoms with van der Waals surface area (Å²) in [6.07, 6.45) is 1.71. The summed E-state index contributed by atoms with van der Waals surface area (Å²) in [6, 6.07) is 22.9. The van der Waals surface area contributed by atoms with Gasteiger partial charge in [-0.05, 0) is 73.9 Å². The van der Waals surface area contributed by atoms with Crippen LogP contribution in [0.5, 0.6) is 5.75 Å². The summed E-state index contributed by atoms with van der Waals surface area (Å²) in [5.41, 5.74) is 1.70. The van der Waals surface area contributed by atoms with Crippen LogP contribution in [0.4, 0.5) is 5.69 Å². The number of ether oxygens (including phenoxy) is 1. The Balaban J connectivity index is 1.46. The molecule has 0 fully saturated rings. The molecule has 168 valence electrons. The molecule has 3 aromatic carbocycles. The van der Waals surface area contributed by atoms with Gasteiger partial charge in [0.1, 0.15) is 5.75 Å². The number of carbonyl (C=O) groups excluding carboxylic acids is 1. The van der Waals surface area contributed by atoms with Crippen LogP contribution in [0.3, 0.4) is 0 Å². The molecule has 1 amide bonds. The quantitative estimate of drug-likeness (QED) is 0.406. The Morgan fingerprint density at radius 1 is 0.969 bits per heavy atom. The first-order valence-corrected chi connectivity index (χ1v) is 12.4. The van der Waals surface area contributed by atoms with Crippen molar-refractivity contribution in [2.45, 2.75) is 30.7 Å². The largest absolute Gasteiger partial charge is 0.484 e. The number of halogens is 1. The molecule has 3 aromatic rings. The summed E-state index contributed by atoms with van der Waals surface area (Å²) in [6.45, 7) is 1.82. The predicted octanol–water partition coefficient (Wildman–Crippen LogP) is 4.77. The Morgan fingerprint density at radius 2 is 1.62 bits per heavy atom. The van der Waals surface area contributed by atoms with Crippen molar-refractivity contribution in [2.24, 2.45) is 0 Å². The monoisotopic (exact) mass is 516 g/mol. The van der Waals surface area contributed by atoms with Gasteiger partial charge in [0.2, 0.25) is 0 Å². The average Bonchev–Trinajstić information content (AvgIpc) is 2.79. The van der Waals surface area contributed by atoms with E-state index in [0.717, 1.165) is 17.3 Å². The maximum atomic E-state index is 12.5. The highest BCUT2D eigenvalue weighted by atomic mass is 79.9. The van der Waals surface area contributed by atoms with Gasteiger partial charge in [-0.3, -0.25) is 9.52 Å². The number of amides is 1. The minimum absolute atomic E-state index is 0.0171. The maximum Gasteiger partial charge on any atom is 0.261 e. The first kappa shape index (κ1) is 23.8. The Bertz CT molecular complexity index is 1120. The number of hydrogen-bond acceptors (Lipinski definition) is 4. The highest BCUT2D eigenvalue weighted by molar-refractivity contribution is 9.10. The normalized spacial score (nSPS) is 12.1. The molecule has 0 saturated carbocycles. The number of benzene rings is 3. The van der Waals surface area contributed by atoms with Gasteiger partial charge in [-0.2, -0.15) is 0 Å². The van der Waals surface area contributed by atoms with Gasteiger partial charge < -0.3 is 10.1 Å². The molecular weight excluding hydrogens is 492 g/mol. The lowest BCUT2D eigenvalue weighted by molar-refractivity contribution is -0.123. The van der Waals surface area contributed by atoms with Crippen molar-refractivity contribution < 1.29 is 17.9 Å². The van der Waals surface area contributed by atoms with E-state index in [4.69, 9.17) is 4.74 Å². The molecule has 0 aliphatic rings. The van der Waals surface area contributed by atoms with Crippen molar-refractivity contribution in [1.29, 1.82) is 0 Å². The lowest BCUT2D eigenvalue weighted by Crippen LogP contribution is -2.36. The van der Waals surface area contributed by atoms with Crippen LogP contribution in [0, 0.1) is 0 Å². The van der Waals surface area contributed by atoms with E-state index in [1.54, 1.807) is 24.3 Å². The second-order valence-electron chi connectivity index (χ2n) is 7.37. The molecule has 0 saturated heterocycles. The van der Waals surface area contributed by atoms with Gasteiger partial charge in [-0.25, -0.2) is 8.42 Å². The average molecular weight is 517 g/mol. The van der Waals surface area contributed by atoms with Crippen molar-refractivity contribution in [3.8, 4) is 5.75 Å². The van der Waals surface area contributed by atoms with Gasteiger partial charge in [0.25, 0.3) is 15.9 Å². The van der Waals surface area contributed by atoms with Gasteiger partial charge in [0.05, 0.1) is 4.90 Å². The second kappa shape index (κ2) is 11.2. The van der Waals surface area contributed by atoms with E-state index < -0.39 is 10.0 Å². The van der Waals surface area contributed by atoms with E-state index >= 15 is 0 Å². The molecule has 1 atom stereocenters. The number of sulfonamides is 1. The molecule has 0 unspecified atom stereocenters. The van der Waals surface area contributed by atoms with Crippen LogP contribution in [0.1, 0.15) is 18.9 Å². The van der Waals surface area contributed by atoms with Gasteiger partial charge in [-0.15, -0.1) is 0 Å². The lowest BCUT2D eigenvalue weighted by atomic mass is 10.1. The Morgan fingerprint density at radius 3 is 2.28 bits per heavy atom. The van der Waals surface area contributed by atoms with Crippen LogP contribution >= 0.6 is 15.9 Å². The van der Waals surface area contributed by atoms with Crippen LogP contribution in [-0.2, 0) is 21.2 Å². The van der Waals surface area contributed by atoms with E-state index in [0.29, 0.717) is 11.4 Å². The predicted molar refractivity (Wildman–Crippen MR) is 129 cm³/mol. The number of hydrogen-bond donors (Lipinski definition) is 2. The first-order valence-electron chi connectivity index (χ1n) is 10.2. The molecule has 32 heavy (non-hydrogen) atoms. The fourth-order valence-corrected chi connectivity index (χ4v) is 4.34. The second-order valence-corrected chi connectivity index (χ2v) is 9.96. The highest BCUT2D eigenvalue weighted by Gasteiger charge is 2.15. The summed E-state index contributed by atoms with van der Waals surface area (Å²) in [4.78, 5) is 12.2. The summed E-state index contributed by atoms with van der Waals surface area (Å²) < 4.78 is 33.9. The number of rotatable bonds is 10. The zero-order chi connectivity index (χ0) is 23.0. The van der Waals surface area contributed by atoms with Crippen molar-refractivity contribution in [3.63, 3.8) is 0 Å². The van der Waals surface area contributed by atoms with Crippen molar-refractivity contribution >= 4 is 37.5 Å². The van der Waals surface area contributed by atoms with Crippen LogP contribution in [0.25, 0.3) is 0 Å². The molecule has 0 bridgehead atoms. The minimum atomic E-state index is -3.72. The molecule has 0 aliphatic carbocycles. The van der Waals surface area contributed by atoms with Gasteiger partial charge in [0, 0.05) is 16.2 Å². The van der Waals surface area contributed by atoms with Gasteiger partial charge >= 0.3 is 0 Å². The molecular formula is C24H25BrN2O4S. The Labute approximate surface area is 197 Å². The van der Waals surface area contributed by atoms with E-state index in [2.05, 4.69) is 38.1 Å². The molecule has 2 N–H and O–H groups in total. The molecule has 0 radical (unpaired) electrons. The molecule has 3 rings (SSSR count). The van der Waals surface area contributed by atoms with Crippen LogP contribution in [-0.4, -0.2) is 27.0 Å². The Hall–Kier alpha value is -2.84.